The van der Waals surface area contributed by atoms with Gasteiger partial charge < -0.3 is 21.1 Å². The Balaban J connectivity index is 2.36. The first-order chi connectivity index (χ1) is 14.1. The van der Waals surface area contributed by atoms with Crippen LogP contribution in [-0.4, -0.2) is 33.3 Å². The van der Waals surface area contributed by atoms with E-state index in [-0.39, 0.29) is 34.5 Å². The van der Waals surface area contributed by atoms with Crippen molar-refractivity contribution in [3.05, 3.63) is 41.2 Å². The van der Waals surface area contributed by atoms with E-state index in [0.717, 1.165) is 6.07 Å². The van der Waals surface area contributed by atoms with E-state index < -0.39 is 29.8 Å². The Labute approximate surface area is 173 Å². The molecule has 2 rings (SSSR count). The molecule has 0 saturated carbocycles. The summed E-state index contributed by atoms with van der Waals surface area (Å²) in [7, 11) is 0. The van der Waals surface area contributed by atoms with Crippen LogP contribution in [0.3, 0.4) is 0 Å². The normalized spacial score (nSPS) is 12.7. The molecule has 0 fully saturated rings. The van der Waals surface area contributed by atoms with E-state index in [4.69, 9.17) is 5.11 Å². The van der Waals surface area contributed by atoms with Crippen molar-refractivity contribution in [1.82, 2.24) is 15.3 Å². The maximum Gasteiger partial charge on any atom is 0.404 e. The molecule has 0 bridgehead atoms. The van der Waals surface area contributed by atoms with Gasteiger partial charge >= 0.3 is 6.09 Å². The van der Waals surface area contributed by atoms with Crippen molar-refractivity contribution in [3.8, 4) is 6.07 Å². The summed E-state index contributed by atoms with van der Waals surface area (Å²) in [5, 5.41) is 26.4. The van der Waals surface area contributed by atoms with Crippen LogP contribution >= 0.6 is 0 Å². The predicted octanol–water partition coefficient (Wildman–Crippen LogP) is 4.16. The second-order valence-electron chi connectivity index (χ2n) is 7.36. The Morgan fingerprint density at radius 3 is 2.50 bits per heavy atom. The summed E-state index contributed by atoms with van der Waals surface area (Å²) in [6.45, 7) is 7.09. The Kier molecular flexibility index (Phi) is 7.47. The van der Waals surface area contributed by atoms with E-state index in [1.807, 2.05) is 19.9 Å². The lowest BCUT2D eigenvalue weighted by molar-refractivity contribution is 0.188. The first-order valence-electron chi connectivity index (χ1n) is 9.36. The summed E-state index contributed by atoms with van der Waals surface area (Å²) in [5.74, 6) is -1.23. The summed E-state index contributed by atoms with van der Waals surface area (Å²) in [6.07, 6.45) is 0.721. The first-order valence-corrected chi connectivity index (χ1v) is 9.36. The number of rotatable bonds is 8. The zero-order valence-corrected chi connectivity index (χ0v) is 17.1. The van der Waals surface area contributed by atoms with Gasteiger partial charge in [-0.15, -0.1) is 0 Å². The Hall–Kier alpha value is -3.48. The highest BCUT2D eigenvalue weighted by Crippen LogP contribution is 2.25. The number of nitrogens with one attached hydrogen (secondary N) is 3. The fourth-order valence-electron chi connectivity index (χ4n) is 2.85. The Morgan fingerprint density at radius 2 is 1.93 bits per heavy atom. The minimum Gasteiger partial charge on any atom is -0.465 e. The number of aryl methyl sites for hydroxylation is 1. The average Bonchev–Trinajstić information content (AvgIpc) is 2.65. The molecule has 0 saturated heterocycles. The van der Waals surface area contributed by atoms with Gasteiger partial charge in [0.05, 0.1) is 23.1 Å². The van der Waals surface area contributed by atoms with Gasteiger partial charge in [-0.05, 0) is 32.3 Å². The van der Waals surface area contributed by atoms with Gasteiger partial charge in [-0.3, -0.25) is 4.98 Å². The topological polar surface area (TPSA) is 123 Å². The first kappa shape index (κ1) is 22.8. The van der Waals surface area contributed by atoms with Crippen molar-refractivity contribution < 1.29 is 18.7 Å². The number of aromatic nitrogens is 2. The number of carboxylic acid groups (broad SMARTS) is 1. The zero-order chi connectivity index (χ0) is 22.4. The summed E-state index contributed by atoms with van der Waals surface area (Å²) >= 11 is 0. The molecule has 2 heterocycles. The summed E-state index contributed by atoms with van der Waals surface area (Å²) in [4.78, 5) is 19.1. The van der Waals surface area contributed by atoms with Gasteiger partial charge in [0.2, 0.25) is 0 Å². The molecule has 0 aliphatic rings. The van der Waals surface area contributed by atoms with E-state index in [9.17, 15) is 18.8 Å². The van der Waals surface area contributed by atoms with Crippen LogP contribution in [0.1, 0.15) is 38.4 Å². The van der Waals surface area contributed by atoms with Crippen molar-refractivity contribution in [2.75, 3.05) is 10.6 Å². The zero-order valence-electron chi connectivity index (χ0n) is 17.1. The average molecular weight is 418 g/mol. The molecule has 160 valence electrons. The summed E-state index contributed by atoms with van der Waals surface area (Å²) in [5.41, 5.74) is 0.391. The fourth-order valence-corrected chi connectivity index (χ4v) is 2.85. The molecule has 0 aliphatic heterocycles. The monoisotopic (exact) mass is 418 g/mol. The molecule has 30 heavy (non-hydrogen) atoms. The lowest BCUT2D eigenvalue weighted by Gasteiger charge is -2.27. The standard InChI is InChI=1S/C20H24F2N6O2/c1-10(2)5-17(12(4)25-20(29)30)27-19-16(22)6-13(8-23)18(28-19)26-14-7-15(21)11(3)24-9-14/h6-7,9-10,12,17,25H,5H2,1-4H3,(H,29,30)(H2,26,27,28)/t12-,17-/m0/s1. The predicted molar refractivity (Wildman–Crippen MR) is 109 cm³/mol. The quantitative estimate of drug-likeness (QED) is 0.507. The van der Waals surface area contributed by atoms with Crippen LogP contribution in [0.15, 0.2) is 18.3 Å². The molecular weight excluding hydrogens is 394 g/mol. The van der Waals surface area contributed by atoms with Gasteiger partial charge in [0.25, 0.3) is 0 Å². The summed E-state index contributed by atoms with van der Waals surface area (Å²) in [6, 6.07) is 3.07. The molecule has 2 aromatic rings. The second-order valence-corrected chi connectivity index (χ2v) is 7.36. The molecule has 8 nitrogen and oxygen atoms in total. The fraction of sp³-hybridized carbons (Fsp3) is 0.400. The van der Waals surface area contributed by atoms with Crippen LogP contribution in [0, 0.1) is 35.8 Å². The smallest absolute Gasteiger partial charge is 0.404 e. The van der Waals surface area contributed by atoms with E-state index in [2.05, 4.69) is 25.9 Å². The number of pyridine rings is 2. The van der Waals surface area contributed by atoms with E-state index >= 15 is 0 Å². The second kappa shape index (κ2) is 9.82. The van der Waals surface area contributed by atoms with Gasteiger partial charge in [0.1, 0.15) is 11.9 Å². The van der Waals surface area contributed by atoms with Crippen molar-refractivity contribution in [2.24, 2.45) is 5.92 Å². The molecule has 4 N–H and O–H groups in total. The molecule has 0 aliphatic carbocycles. The highest BCUT2D eigenvalue weighted by molar-refractivity contribution is 5.66. The van der Waals surface area contributed by atoms with Crippen LogP contribution in [0.25, 0.3) is 0 Å². The largest absolute Gasteiger partial charge is 0.465 e. The van der Waals surface area contributed by atoms with Gasteiger partial charge in [0, 0.05) is 18.2 Å². The van der Waals surface area contributed by atoms with Crippen LogP contribution in [0.4, 0.5) is 30.9 Å². The Morgan fingerprint density at radius 1 is 1.23 bits per heavy atom. The number of amides is 1. The van der Waals surface area contributed by atoms with Crippen LogP contribution in [0.5, 0.6) is 0 Å². The molecule has 0 spiro atoms. The minimum absolute atomic E-state index is 0.0218. The van der Waals surface area contributed by atoms with Crippen LogP contribution in [-0.2, 0) is 0 Å². The maximum atomic E-state index is 14.6. The molecule has 2 atom stereocenters. The molecule has 0 aromatic carbocycles. The number of halogens is 2. The third-order valence-electron chi connectivity index (χ3n) is 4.39. The minimum atomic E-state index is -1.19. The molecule has 0 unspecified atom stereocenters. The van der Waals surface area contributed by atoms with Crippen molar-refractivity contribution in [3.63, 3.8) is 0 Å². The van der Waals surface area contributed by atoms with Gasteiger partial charge in [0.15, 0.2) is 17.5 Å². The molecule has 10 heteroatoms. The van der Waals surface area contributed by atoms with Gasteiger partial charge in [-0.1, -0.05) is 13.8 Å². The van der Waals surface area contributed by atoms with Gasteiger partial charge in [-0.25, -0.2) is 18.6 Å². The number of hydrogen-bond acceptors (Lipinski definition) is 6. The van der Waals surface area contributed by atoms with Crippen molar-refractivity contribution in [1.29, 1.82) is 5.26 Å². The third kappa shape index (κ3) is 6.01. The number of nitriles is 1. The SMILES string of the molecule is Cc1ncc(Nc2nc(N[C@@H](CC(C)C)[C@H](C)NC(=O)O)c(F)cc2C#N)cc1F. The molecular formula is C20H24F2N6O2. The lowest BCUT2D eigenvalue weighted by Crippen LogP contribution is -2.45. The molecule has 1 amide bonds. The number of hydrogen-bond donors (Lipinski definition) is 4. The molecule has 0 radical (unpaired) electrons. The van der Waals surface area contributed by atoms with Crippen LogP contribution < -0.4 is 16.0 Å². The van der Waals surface area contributed by atoms with E-state index in [1.165, 1.54) is 19.2 Å². The van der Waals surface area contributed by atoms with Crippen molar-refractivity contribution in [2.45, 2.75) is 46.2 Å². The lowest BCUT2D eigenvalue weighted by atomic mass is 9.98. The maximum absolute atomic E-state index is 14.6. The highest BCUT2D eigenvalue weighted by Gasteiger charge is 2.23. The number of nitrogens with zero attached hydrogens (tertiary/aromatic N) is 3. The van der Waals surface area contributed by atoms with Crippen molar-refractivity contribution >= 4 is 23.4 Å². The van der Waals surface area contributed by atoms with Gasteiger partial charge in [-0.2, -0.15) is 5.26 Å². The highest BCUT2D eigenvalue weighted by atomic mass is 19.1. The van der Waals surface area contributed by atoms with Crippen LogP contribution in [0.2, 0.25) is 0 Å². The third-order valence-corrected chi connectivity index (χ3v) is 4.39. The number of anilines is 3. The van der Waals surface area contributed by atoms with E-state index in [0.29, 0.717) is 6.42 Å². The summed E-state index contributed by atoms with van der Waals surface area (Å²) < 4.78 is 28.4. The molecule has 2 aromatic heterocycles. The number of carbonyl (C=O) groups is 1. The Bertz CT molecular complexity index is 961. The van der Waals surface area contributed by atoms with E-state index in [1.54, 1.807) is 6.92 Å².